The number of likely N-dealkylation sites (N-methyl/N-ethyl adjacent to an activating group) is 1. The Morgan fingerprint density at radius 1 is 1.06 bits per heavy atom. The Kier molecular flexibility index (Phi) is 7.65. The summed E-state index contributed by atoms with van der Waals surface area (Å²) >= 11 is 0. The minimum Gasteiger partial charge on any atom is -0.466 e. The Morgan fingerprint density at radius 3 is 2.35 bits per heavy atom. The van der Waals surface area contributed by atoms with Crippen LogP contribution in [0.2, 0.25) is 0 Å². The smallest absolute Gasteiger partial charge is 0.309 e. The number of carbonyl (C=O) groups excluding carboxylic acids is 4. The summed E-state index contributed by atoms with van der Waals surface area (Å²) in [5, 5.41) is 0. The SMILES string of the molecule is CCOC(=O)C1CCN(C(=O)CN(C)C(=O)c2ccc(N3CCCCC3=O)cc2)CC1. The number of anilines is 1. The molecule has 0 radical (unpaired) electrons. The van der Waals surface area contributed by atoms with Crippen LogP contribution >= 0.6 is 0 Å². The molecule has 2 aliphatic rings. The molecule has 8 nitrogen and oxygen atoms in total. The number of benzene rings is 1. The molecule has 0 N–H and O–H groups in total. The number of esters is 1. The van der Waals surface area contributed by atoms with Crippen LogP contribution in [-0.2, 0) is 19.1 Å². The van der Waals surface area contributed by atoms with Gasteiger partial charge in [0, 0.05) is 44.4 Å². The molecule has 0 aromatic heterocycles. The zero-order valence-corrected chi connectivity index (χ0v) is 18.3. The standard InChI is InChI=1S/C23H31N3O5/c1-3-31-23(30)18-11-14-25(15-12-18)21(28)16-24(2)22(29)17-7-9-19(10-8-17)26-13-5-4-6-20(26)27/h7-10,18H,3-6,11-16H2,1-2H3. The van der Waals surface area contributed by atoms with Crippen molar-refractivity contribution in [2.45, 2.75) is 39.0 Å². The first kappa shape index (κ1) is 22.8. The Bertz CT molecular complexity index is 815. The fourth-order valence-electron chi connectivity index (χ4n) is 4.08. The predicted molar refractivity (Wildman–Crippen MR) is 116 cm³/mol. The number of ether oxygens (including phenoxy) is 1. The number of nitrogens with zero attached hydrogens (tertiary/aromatic N) is 3. The summed E-state index contributed by atoms with van der Waals surface area (Å²) in [5.74, 6) is -0.620. The number of carbonyl (C=O) groups is 4. The van der Waals surface area contributed by atoms with Gasteiger partial charge in [0.05, 0.1) is 19.1 Å². The van der Waals surface area contributed by atoms with E-state index in [1.54, 1.807) is 48.0 Å². The molecule has 3 amide bonds. The molecule has 0 spiro atoms. The molecular formula is C23H31N3O5. The molecule has 2 saturated heterocycles. The average molecular weight is 430 g/mol. The summed E-state index contributed by atoms with van der Waals surface area (Å²) in [6.07, 6.45) is 3.62. The molecule has 168 valence electrons. The second-order valence-electron chi connectivity index (χ2n) is 8.12. The van der Waals surface area contributed by atoms with Crippen molar-refractivity contribution in [2.75, 3.05) is 44.7 Å². The van der Waals surface area contributed by atoms with Crippen molar-refractivity contribution in [1.82, 2.24) is 9.80 Å². The quantitative estimate of drug-likeness (QED) is 0.646. The molecule has 31 heavy (non-hydrogen) atoms. The summed E-state index contributed by atoms with van der Waals surface area (Å²) in [6.45, 7) is 3.80. The number of rotatable bonds is 6. The zero-order valence-electron chi connectivity index (χ0n) is 18.3. The predicted octanol–water partition coefficient (Wildman–Crippen LogP) is 2.08. The fourth-order valence-corrected chi connectivity index (χ4v) is 4.08. The zero-order chi connectivity index (χ0) is 22.4. The van der Waals surface area contributed by atoms with Gasteiger partial charge in [-0.25, -0.2) is 0 Å². The van der Waals surface area contributed by atoms with Gasteiger partial charge in [0.15, 0.2) is 0 Å². The van der Waals surface area contributed by atoms with E-state index in [0.29, 0.717) is 51.1 Å². The molecule has 2 heterocycles. The van der Waals surface area contributed by atoms with Crippen LogP contribution in [0.3, 0.4) is 0 Å². The van der Waals surface area contributed by atoms with Gasteiger partial charge in [-0.3, -0.25) is 19.2 Å². The van der Waals surface area contributed by atoms with Crippen molar-refractivity contribution >= 4 is 29.4 Å². The lowest BCUT2D eigenvalue weighted by molar-refractivity contribution is -0.151. The molecule has 1 aromatic carbocycles. The summed E-state index contributed by atoms with van der Waals surface area (Å²) in [6, 6.07) is 6.97. The normalized spacial score (nSPS) is 17.4. The molecule has 1 aromatic rings. The van der Waals surface area contributed by atoms with Crippen LogP contribution in [0, 0.1) is 5.92 Å². The van der Waals surface area contributed by atoms with Crippen LogP contribution in [0.1, 0.15) is 49.4 Å². The molecule has 0 atom stereocenters. The molecule has 8 heteroatoms. The highest BCUT2D eigenvalue weighted by Crippen LogP contribution is 2.22. The van der Waals surface area contributed by atoms with Gasteiger partial charge in [-0.05, 0) is 56.9 Å². The minimum atomic E-state index is -0.244. The van der Waals surface area contributed by atoms with Crippen LogP contribution in [0.15, 0.2) is 24.3 Å². The van der Waals surface area contributed by atoms with E-state index in [4.69, 9.17) is 4.74 Å². The third-order valence-corrected chi connectivity index (χ3v) is 5.94. The lowest BCUT2D eigenvalue weighted by Gasteiger charge is -2.32. The van der Waals surface area contributed by atoms with Crippen molar-refractivity contribution in [3.8, 4) is 0 Å². The lowest BCUT2D eigenvalue weighted by atomic mass is 9.97. The van der Waals surface area contributed by atoms with E-state index in [1.807, 2.05) is 0 Å². The van der Waals surface area contributed by atoms with Gasteiger partial charge in [-0.15, -0.1) is 0 Å². The first-order valence-corrected chi connectivity index (χ1v) is 11.0. The Morgan fingerprint density at radius 2 is 1.74 bits per heavy atom. The highest BCUT2D eigenvalue weighted by Gasteiger charge is 2.29. The summed E-state index contributed by atoms with van der Waals surface area (Å²) < 4.78 is 5.06. The van der Waals surface area contributed by atoms with Crippen LogP contribution in [0.5, 0.6) is 0 Å². The molecule has 0 bridgehead atoms. The van der Waals surface area contributed by atoms with E-state index in [9.17, 15) is 19.2 Å². The highest BCUT2D eigenvalue weighted by atomic mass is 16.5. The van der Waals surface area contributed by atoms with Gasteiger partial charge < -0.3 is 19.4 Å². The Balaban J connectivity index is 1.51. The summed E-state index contributed by atoms with van der Waals surface area (Å²) in [7, 11) is 1.60. The van der Waals surface area contributed by atoms with Gasteiger partial charge in [-0.2, -0.15) is 0 Å². The van der Waals surface area contributed by atoms with Crippen LogP contribution in [0.25, 0.3) is 0 Å². The molecule has 2 aliphatic heterocycles. The second-order valence-corrected chi connectivity index (χ2v) is 8.12. The van der Waals surface area contributed by atoms with E-state index in [0.717, 1.165) is 18.5 Å². The molecule has 0 saturated carbocycles. The maximum absolute atomic E-state index is 12.7. The summed E-state index contributed by atoms with van der Waals surface area (Å²) in [5.41, 5.74) is 1.27. The van der Waals surface area contributed by atoms with Crippen LogP contribution in [-0.4, -0.2) is 73.3 Å². The number of hydrogen-bond donors (Lipinski definition) is 0. The topological polar surface area (TPSA) is 87.2 Å². The van der Waals surface area contributed by atoms with Crippen molar-refractivity contribution < 1.29 is 23.9 Å². The van der Waals surface area contributed by atoms with Crippen LogP contribution in [0.4, 0.5) is 5.69 Å². The first-order valence-electron chi connectivity index (χ1n) is 11.0. The maximum Gasteiger partial charge on any atom is 0.309 e. The van der Waals surface area contributed by atoms with E-state index in [1.165, 1.54) is 4.90 Å². The third-order valence-electron chi connectivity index (χ3n) is 5.94. The highest BCUT2D eigenvalue weighted by molar-refractivity contribution is 5.98. The minimum absolute atomic E-state index is 0.0186. The van der Waals surface area contributed by atoms with E-state index < -0.39 is 0 Å². The van der Waals surface area contributed by atoms with Crippen LogP contribution < -0.4 is 4.90 Å². The fraction of sp³-hybridized carbons (Fsp3) is 0.565. The van der Waals surface area contributed by atoms with Crippen molar-refractivity contribution in [2.24, 2.45) is 5.92 Å². The van der Waals surface area contributed by atoms with E-state index in [2.05, 4.69) is 0 Å². The Labute approximate surface area is 183 Å². The van der Waals surface area contributed by atoms with Gasteiger partial charge in [0.2, 0.25) is 11.8 Å². The van der Waals surface area contributed by atoms with Gasteiger partial charge >= 0.3 is 5.97 Å². The maximum atomic E-state index is 12.7. The van der Waals surface area contributed by atoms with Gasteiger partial charge in [0.25, 0.3) is 5.91 Å². The van der Waals surface area contributed by atoms with Crippen molar-refractivity contribution in [3.63, 3.8) is 0 Å². The number of piperidine rings is 2. The third kappa shape index (κ3) is 5.62. The van der Waals surface area contributed by atoms with E-state index >= 15 is 0 Å². The molecule has 0 aliphatic carbocycles. The van der Waals surface area contributed by atoms with Gasteiger partial charge in [-0.1, -0.05) is 0 Å². The monoisotopic (exact) mass is 429 g/mol. The van der Waals surface area contributed by atoms with Crippen molar-refractivity contribution in [3.05, 3.63) is 29.8 Å². The first-order chi connectivity index (χ1) is 14.9. The Hall–Kier alpha value is -2.90. The molecule has 0 unspecified atom stereocenters. The largest absolute Gasteiger partial charge is 0.466 e. The number of amides is 3. The second kappa shape index (κ2) is 10.4. The molecular weight excluding hydrogens is 398 g/mol. The molecule has 3 rings (SSSR count). The lowest BCUT2D eigenvalue weighted by Crippen LogP contribution is -2.45. The summed E-state index contributed by atoms with van der Waals surface area (Å²) in [4.78, 5) is 54.1. The van der Waals surface area contributed by atoms with Gasteiger partial charge in [0.1, 0.15) is 0 Å². The van der Waals surface area contributed by atoms with E-state index in [-0.39, 0.29) is 36.2 Å². The van der Waals surface area contributed by atoms with Crippen molar-refractivity contribution in [1.29, 1.82) is 0 Å². The number of likely N-dealkylation sites (tertiary alicyclic amines) is 1. The number of hydrogen-bond acceptors (Lipinski definition) is 5. The average Bonchev–Trinajstić information content (AvgIpc) is 2.79. The molecule has 2 fully saturated rings.